The Balaban J connectivity index is 1.74. The number of benzene rings is 1. The van der Waals surface area contributed by atoms with E-state index in [0.29, 0.717) is 6.04 Å². The van der Waals surface area contributed by atoms with Crippen molar-refractivity contribution in [2.45, 2.75) is 33.2 Å². The number of nitrogens with one attached hydrogen (secondary N) is 1. The SMILES string of the molecule is Cc1ccc(CC(C)Nc2nc3c(C)cccc3s2)s1. The summed E-state index contributed by atoms with van der Waals surface area (Å²) in [6, 6.07) is 11.2. The van der Waals surface area contributed by atoms with Crippen LogP contribution in [0.2, 0.25) is 0 Å². The van der Waals surface area contributed by atoms with Gasteiger partial charge in [-0.3, -0.25) is 0 Å². The maximum absolute atomic E-state index is 4.71. The van der Waals surface area contributed by atoms with Gasteiger partial charge in [0.05, 0.1) is 10.2 Å². The van der Waals surface area contributed by atoms with Gasteiger partial charge in [-0.1, -0.05) is 23.5 Å². The molecule has 2 heterocycles. The predicted molar refractivity (Wildman–Crippen MR) is 90.2 cm³/mol. The second kappa shape index (κ2) is 5.54. The average Bonchev–Trinajstić information content (AvgIpc) is 2.96. The van der Waals surface area contributed by atoms with Crippen molar-refractivity contribution < 1.29 is 0 Å². The van der Waals surface area contributed by atoms with Crippen LogP contribution in [0.1, 0.15) is 22.2 Å². The highest BCUT2D eigenvalue weighted by atomic mass is 32.1. The summed E-state index contributed by atoms with van der Waals surface area (Å²) in [5, 5.41) is 4.55. The van der Waals surface area contributed by atoms with Crippen LogP contribution in [-0.4, -0.2) is 11.0 Å². The Hall–Kier alpha value is -1.39. The normalized spacial score (nSPS) is 12.8. The molecule has 3 aromatic rings. The van der Waals surface area contributed by atoms with Crippen molar-refractivity contribution >= 4 is 38.0 Å². The summed E-state index contributed by atoms with van der Waals surface area (Å²) in [7, 11) is 0. The maximum atomic E-state index is 4.71. The molecule has 0 aliphatic carbocycles. The molecule has 104 valence electrons. The minimum Gasteiger partial charge on any atom is -0.359 e. The fourth-order valence-electron chi connectivity index (χ4n) is 2.31. The van der Waals surface area contributed by atoms with Crippen LogP contribution < -0.4 is 5.32 Å². The zero-order chi connectivity index (χ0) is 14.1. The minimum atomic E-state index is 0.397. The fraction of sp³-hybridized carbons (Fsp3) is 0.312. The number of hydrogen-bond donors (Lipinski definition) is 1. The van der Waals surface area contributed by atoms with Gasteiger partial charge in [0, 0.05) is 22.2 Å². The zero-order valence-corrected chi connectivity index (χ0v) is 13.6. The number of nitrogens with zero attached hydrogens (tertiary/aromatic N) is 1. The highest BCUT2D eigenvalue weighted by Crippen LogP contribution is 2.28. The Morgan fingerprint density at radius 1 is 1.15 bits per heavy atom. The monoisotopic (exact) mass is 302 g/mol. The standard InChI is InChI=1S/C16H18N2S2/c1-10-5-4-6-14-15(10)18-16(20-14)17-11(2)9-13-8-7-12(3)19-13/h4-8,11H,9H2,1-3H3,(H,17,18). The molecule has 0 saturated carbocycles. The molecule has 2 nitrogen and oxygen atoms in total. The lowest BCUT2D eigenvalue weighted by Crippen LogP contribution is -2.17. The van der Waals surface area contributed by atoms with Gasteiger partial charge in [0.15, 0.2) is 5.13 Å². The fourth-order valence-corrected chi connectivity index (χ4v) is 4.38. The van der Waals surface area contributed by atoms with Crippen LogP contribution in [0.3, 0.4) is 0 Å². The molecule has 4 heteroatoms. The Bertz CT molecular complexity index is 727. The molecule has 0 aliphatic rings. The smallest absolute Gasteiger partial charge is 0.184 e. The largest absolute Gasteiger partial charge is 0.359 e. The summed E-state index contributed by atoms with van der Waals surface area (Å²) in [4.78, 5) is 7.52. The summed E-state index contributed by atoms with van der Waals surface area (Å²) in [5.41, 5.74) is 2.37. The third-order valence-electron chi connectivity index (χ3n) is 3.29. The first-order chi connectivity index (χ1) is 9.61. The molecule has 1 atom stereocenters. The average molecular weight is 302 g/mol. The lowest BCUT2D eigenvalue weighted by Gasteiger charge is -2.11. The third kappa shape index (κ3) is 2.86. The lowest BCUT2D eigenvalue weighted by atomic mass is 10.2. The number of anilines is 1. The van der Waals surface area contributed by atoms with Gasteiger partial charge in [-0.15, -0.1) is 11.3 Å². The molecule has 0 fully saturated rings. The van der Waals surface area contributed by atoms with Gasteiger partial charge >= 0.3 is 0 Å². The number of aryl methyl sites for hydroxylation is 2. The topological polar surface area (TPSA) is 24.9 Å². The van der Waals surface area contributed by atoms with E-state index in [2.05, 4.69) is 56.4 Å². The van der Waals surface area contributed by atoms with Crippen molar-refractivity contribution in [3.05, 3.63) is 45.6 Å². The van der Waals surface area contributed by atoms with E-state index in [-0.39, 0.29) is 0 Å². The Morgan fingerprint density at radius 2 is 2.00 bits per heavy atom. The maximum Gasteiger partial charge on any atom is 0.184 e. The van der Waals surface area contributed by atoms with Crippen molar-refractivity contribution in [1.82, 2.24) is 4.98 Å². The number of fused-ring (bicyclic) bond motifs is 1. The summed E-state index contributed by atoms with van der Waals surface area (Å²) in [6.07, 6.45) is 1.05. The minimum absolute atomic E-state index is 0.397. The Morgan fingerprint density at radius 3 is 2.70 bits per heavy atom. The number of thiophene rings is 1. The predicted octanol–water partition coefficient (Wildman–Crippen LogP) is 5.02. The van der Waals surface area contributed by atoms with Gasteiger partial charge in [0.1, 0.15) is 0 Å². The molecule has 0 aliphatic heterocycles. The van der Waals surface area contributed by atoms with Crippen molar-refractivity contribution in [3.8, 4) is 0 Å². The molecule has 3 rings (SSSR count). The first kappa shape index (κ1) is 13.6. The second-order valence-electron chi connectivity index (χ2n) is 5.20. The molecule has 0 amide bonds. The Kier molecular flexibility index (Phi) is 3.76. The highest BCUT2D eigenvalue weighted by molar-refractivity contribution is 7.22. The van der Waals surface area contributed by atoms with Gasteiger partial charge in [-0.2, -0.15) is 0 Å². The van der Waals surface area contributed by atoms with E-state index >= 15 is 0 Å². The number of para-hydroxylation sites is 1. The van der Waals surface area contributed by atoms with Crippen molar-refractivity contribution in [2.75, 3.05) is 5.32 Å². The van der Waals surface area contributed by atoms with Crippen molar-refractivity contribution in [3.63, 3.8) is 0 Å². The van der Waals surface area contributed by atoms with Crippen LogP contribution in [0.15, 0.2) is 30.3 Å². The van der Waals surface area contributed by atoms with Crippen LogP contribution >= 0.6 is 22.7 Å². The molecule has 1 aromatic carbocycles. The summed E-state index contributed by atoms with van der Waals surface area (Å²) in [6.45, 7) is 6.49. The molecule has 1 unspecified atom stereocenters. The molecule has 0 radical (unpaired) electrons. The quantitative estimate of drug-likeness (QED) is 0.732. The third-order valence-corrected chi connectivity index (χ3v) is 5.27. The molecule has 0 saturated heterocycles. The molecule has 0 bridgehead atoms. The number of rotatable bonds is 4. The van der Waals surface area contributed by atoms with Crippen molar-refractivity contribution in [1.29, 1.82) is 0 Å². The first-order valence-electron chi connectivity index (χ1n) is 6.80. The van der Waals surface area contributed by atoms with E-state index < -0.39 is 0 Å². The van der Waals surface area contributed by atoms with Gasteiger partial charge in [0.25, 0.3) is 0 Å². The molecule has 0 spiro atoms. The van der Waals surface area contributed by atoms with E-state index in [4.69, 9.17) is 4.98 Å². The number of aromatic nitrogens is 1. The van der Waals surface area contributed by atoms with Crippen LogP contribution in [0, 0.1) is 13.8 Å². The second-order valence-corrected chi connectivity index (χ2v) is 7.61. The molecule has 1 N–H and O–H groups in total. The molecule has 2 aromatic heterocycles. The van der Waals surface area contributed by atoms with Gasteiger partial charge in [0.2, 0.25) is 0 Å². The van der Waals surface area contributed by atoms with Crippen LogP contribution in [0.4, 0.5) is 5.13 Å². The van der Waals surface area contributed by atoms with Crippen LogP contribution in [0.25, 0.3) is 10.2 Å². The van der Waals surface area contributed by atoms with E-state index in [1.54, 1.807) is 11.3 Å². The lowest BCUT2D eigenvalue weighted by molar-refractivity contribution is 0.799. The molecular weight excluding hydrogens is 284 g/mol. The van der Waals surface area contributed by atoms with Gasteiger partial charge < -0.3 is 5.32 Å². The van der Waals surface area contributed by atoms with Gasteiger partial charge in [-0.25, -0.2) is 4.98 Å². The first-order valence-corrected chi connectivity index (χ1v) is 8.43. The summed E-state index contributed by atoms with van der Waals surface area (Å²) in [5.74, 6) is 0. The molecular formula is C16H18N2S2. The van der Waals surface area contributed by atoms with Crippen LogP contribution in [-0.2, 0) is 6.42 Å². The van der Waals surface area contributed by atoms with E-state index in [1.165, 1.54) is 20.0 Å². The van der Waals surface area contributed by atoms with E-state index in [0.717, 1.165) is 17.1 Å². The van der Waals surface area contributed by atoms with E-state index in [9.17, 15) is 0 Å². The number of thiazole rings is 1. The number of hydrogen-bond acceptors (Lipinski definition) is 4. The zero-order valence-electron chi connectivity index (χ0n) is 11.9. The van der Waals surface area contributed by atoms with Crippen LogP contribution in [0.5, 0.6) is 0 Å². The Labute approximate surface area is 127 Å². The molecule has 20 heavy (non-hydrogen) atoms. The highest BCUT2D eigenvalue weighted by Gasteiger charge is 2.10. The summed E-state index contributed by atoms with van der Waals surface area (Å²) >= 11 is 3.61. The van der Waals surface area contributed by atoms with Crippen molar-refractivity contribution in [2.24, 2.45) is 0 Å². The van der Waals surface area contributed by atoms with Gasteiger partial charge in [-0.05, 0) is 44.5 Å². The van der Waals surface area contributed by atoms with E-state index in [1.807, 2.05) is 11.3 Å². The summed E-state index contributed by atoms with van der Waals surface area (Å²) < 4.78 is 1.26.